The number of rotatable bonds is 5. The van der Waals surface area contributed by atoms with Crippen LogP contribution in [0, 0.1) is 6.92 Å². The van der Waals surface area contributed by atoms with Gasteiger partial charge in [-0.3, -0.25) is 9.59 Å². The molecule has 1 amide bonds. The third-order valence-electron chi connectivity index (χ3n) is 5.74. The van der Waals surface area contributed by atoms with Crippen molar-refractivity contribution in [2.75, 3.05) is 0 Å². The summed E-state index contributed by atoms with van der Waals surface area (Å²) in [7, 11) is 0. The summed E-state index contributed by atoms with van der Waals surface area (Å²) in [5, 5.41) is 9.63. The number of benzene rings is 3. The number of aromatic carboxylic acids is 1. The van der Waals surface area contributed by atoms with Crippen LogP contribution in [-0.4, -0.2) is 33.7 Å². The largest absolute Gasteiger partial charge is 0.478 e. The maximum absolute atomic E-state index is 13.6. The van der Waals surface area contributed by atoms with Crippen LogP contribution in [0.25, 0.3) is 0 Å². The van der Waals surface area contributed by atoms with Crippen molar-refractivity contribution in [2.45, 2.75) is 32.4 Å². The van der Waals surface area contributed by atoms with Gasteiger partial charge in [0, 0.05) is 30.0 Å². The summed E-state index contributed by atoms with van der Waals surface area (Å²) in [6.45, 7) is 2.19. The van der Waals surface area contributed by atoms with Crippen molar-refractivity contribution in [2.24, 2.45) is 0 Å². The van der Waals surface area contributed by atoms with Gasteiger partial charge in [-0.05, 0) is 53.9 Å². The number of fused-ring (bicyclic) bond motifs is 1. The number of hydrogen-bond acceptors (Lipinski definition) is 3. The predicted molar refractivity (Wildman–Crippen MR) is 122 cm³/mol. The summed E-state index contributed by atoms with van der Waals surface area (Å²) in [6, 6.07) is 18.6. The van der Waals surface area contributed by atoms with Crippen molar-refractivity contribution >= 4 is 29.3 Å². The van der Waals surface area contributed by atoms with Crippen LogP contribution in [0.15, 0.2) is 66.7 Å². The molecule has 6 heteroatoms. The first-order valence-corrected chi connectivity index (χ1v) is 10.7. The summed E-state index contributed by atoms with van der Waals surface area (Å²) >= 11 is 6.13. The van der Waals surface area contributed by atoms with Crippen LogP contribution < -0.4 is 0 Å². The minimum Gasteiger partial charge on any atom is -0.478 e. The Morgan fingerprint density at radius 1 is 1.03 bits per heavy atom. The molecule has 0 radical (unpaired) electrons. The molecule has 3 aromatic carbocycles. The fourth-order valence-electron chi connectivity index (χ4n) is 4.11. The molecule has 0 spiro atoms. The van der Waals surface area contributed by atoms with Gasteiger partial charge in [-0.25, -0.2) is 4.79 Å². The number of carboxylic acid groups (broad SMARTS) is 1. The molecule has 0 bridgehead atoms. The van der Waals surface area contributed by atoms with E-state index < -0.39 is 12.0 Å². The number of carbonyl (C=O) groups excluding carboxylic acids is 2. The molecule has 5 nitrogen and oxygen atoms in total. The molecular formula is C26H22ClNO4. The Morgan fingerprint density at radius 3 is 2.47 bits per heavy atom. The fourth-order valence-corrected chi connectivity index (χ4v) is 4.31. The highest BCUT2D eigenvalue weighted by atomic mass is 35.5. The lowest BCUT2D eigenvalue weighted by atomic mass is 9.96. The molecule has 0 aliphatic carbocycles. The van der Waals surface area contributed by atoms with Gasteiger partial charge in [-0.1, -0.05) is 53.6 Å². The quantitative estimate of drug-likeness (QED) is 0.613. The lowest BCUT2D eigenvalue weighted by molar-refractivity contribution is -0.122. The van der Waals surface area contributed by atoms with Gasteiger partial charge >= 0.3 is 5.97 Å². The van der Waals surface area contributed by atoms with Crippen molar-refractivity contribution in [3.05, 3.63) is 105 Å². The second-order valence-electron chi connectivity index (χ2n) is 8.09. The zero-order valence-electron chi connectivity index (χ0n) is 17.5. The molecule has 1 aliphatic rings. The zero-order valence-corrected chi connectivity index (χ0v) is 18.3. The van der Waals surface area contributed by atoms with Gasteiger partial charge in [-0.15, -0.1) is 0 Å². The monoisotopic (exact) mass is 447 g/mol. The predicted octanol–water partition coefficient (Wildman–Crippen LogP) is 4.73. The van der Waals surface area contributed by atoms with Crippen molar-refractivity contribution in [3.8, 4) is 0 Å². The minimum absolute atomic E-state index is 0.0528. The molecule has 0 aromatic heterocycles. The first-order valence-electron chi connectivity index (χ1n) is 10.3. The molecule has 1 atom stereocenters. The molecule has 3 aromatic rings. The van der Waals surface area contributed by atoms with E-state index in [9.17, 15) is 14.4 Å². The second-order valence-corrected chi connectivity index (χ2v) is 8.53. The molecule has 0 fully saturated rings. The molecule has 162 valence electrons. The first-order chi connectivity index (χ1) is 15.3. The van der Waals surface area contributed by atoms with Gasteiger partial charge in [0.2, 0.25) is 0 Å². The van der Waals surface area contributed by atoms with E-state index in [1.165, 1.54) is 12.1 Å². The number of amides is 1. The number of ketones is 1. The van der Waals surface area contributed by atoms with E-state index in [4.69, 9.17) is 16.7 Å². The Labute approximate surface area is 191 Å². The van der Waals surface area contributed by atoms with Crippen LogP contribution in [0.4, 0.5) is 0 Å². The van der Waals surface area contributed by atoms with Gasteiger partial charge in [0.1, 0.15) is 0 Å². The standard InChI is InChI=1S/C26H22ClNO4/c1-16-3-2-4-18(11-16)12-23-24(29)14-20-13-21(27)9-10-22(20)25(30)28(23)15-17-5-7-19(8-6-17)26(31)32/h2-11,13,23H,12,14-15H2,1H3,(H,31,32)/t23-/m1/s1. The van der Waals surface area contributed by atoms with Crippen molar-refractivity contribution < 1.29 is 19.5 Å². The van der Waals surface area contributed by atoms with Crippen LogP contribution >= 0.6 is 11.6 Å². The highest BCUT2D eigenvalue weighted by molar-refractivity contribution is 6.30. The molecule has 4 rings (SSSR count). The highest BCUT2D eigenvalue weighted by Gasteiger charge is 2.35. The van der Waals surface area contributed by atoms with Gasteiger partial charge in [0.25, 0.3) is 5.91 Å². The van der Waals surface area contributed by atoms with Gasteiger partial charge < -0.3 is 10.0 Å². The maximum Gasteiger partial charge on any atom is 0.335 e. The molecular weight excluding hydrogens is 426 g/mol. The molecule has 32 heavy (non-hydrogen) atoms. The summed E-state index contributed by atoms with van der Waals surface area (Å²) in [6.07, 6.45) is 0.535. The lowest BCUT2D eigenvalue weighted by Gasteiger charge is -2.30. The smallest absolute Gasteiger partial charge is 0.335 e. The highest BCUT2D eigenvalue weighted by Crippen LogP contribution is 2.27. The van der Waals surface area contributed by atoms with Crippen LogP contribution in [0.1, 0.15) is 43.0 Å². The van der Waals surface area contributed by atoms with E-state index in [1.807, 2.05) is 31.2 Å². The third kappa shape index (κ3) is 4.58. The maximum atomic E-state index is 13.6. The van der Waals surface area contributed by atoms with Gasteiger partial charge in [0.05, 0.1) is 11.6 Å². The number of nitrogens with zero attached hydrogens (tertiary/aromatic N) is 1. The summed E-state index contributed by atoms with van der Waals surface area (Å²) in [4.78, 5) is 39.7. The van der Waals surface area contributed by atoms with Crippen LogP contribution in [-0.2, 0) is 24.2 Å². The number of carbonyl (C=O) groups is 3. The van der Waals surface area contributed by atoms with E-state index >= 15 is 0 Å². The number of aryl methyl sites for hydroxylation is 1. The molecule has 1 heterocycles. The zero-order chi connectivity index (χ0) is 22.8. The molecule has 0 saturated heterocycles. The molecule has 0 unspecified atom stereocenters. The molecule has 0 saturated carbocycles. The van der Waals surface area contributed by atoms with Crippen LogP contribution in [0.3, 0.4) is 0 Å². The van der Waals surface area contributed by atoms with E-state index in [2.05, 4.69) is 0 Å². The topological polar surface area (TPSA) is 74.7 Å². The minimum atomic E-state index is -1.01. The molecule has 1 N–H and O–H groups in total. The Kier molecular flexibility index (Phi) is 6.10. The summed E-state index contributed by atoms with van der Waals surface area (Å²) in [5.74, 6) is -1.30. The van der Waals surface area contributed by atoms with Crippen LogP contribution in [0.2, 0.25) is 5.02 Å². The van der Waals surface area contributed by atoms with Crippen molar-refractivity contribution in [1.29, 1.82) is 0 Å². The first kappa shape index (κ1) is 21.8. The SMILES string of the molecule is Cc1cccc(C[C@@H]2C(=O)Cc3cc(Cl)ccc3C(=O)N2Cc2ccc(C(=O)O)cc2)c1. The Bertz CT molecular complexity index is 1200. The number of halogens is 1. The normalized spacial score (nSPS) is 15.9. The van der Waals surface area contributed by atoms with Gasteiger partial charge in [-0.2, -0.15) is 0 Å². The van der Waals surface area contributed by atoms with Crippen molar-refractivity contribution in [1.82, 2.24) is 4.90 Å². The number of hydrogen-bond donors (Lipinski definition) is 1. The fraction of sp³-hybridized carbons (Fsp3) is 0.192. The van der Waals surface area contributed by atoms with E-state index in [-0.39, 0.29) is 30.2 Å². The van der Waals surface area contributed by atoms with E-state index in [0.29, 0.717) is 22.6 Å². The second kappa shape index (κ2) is 8.97. The summed E-state index contributed by atoms with van der Waals surface area (Å²) < 4.78 is 0. The molecule has 1 aliphatic heterocycles. The Morgan fingerprint density at radius 2 is 1.78 bits per heavy atom. The average molecular weight is 448 g/mol. The Hall–Kier alpha value is -3.44. The Balaban J connectivity index is 1.73. The average Bonchev–Trinajstić information content (AvgIpc) is 2.84. The number of carboxylic acids is 1. The third-order valence-corrected chi connectivity index (χ3v) is 5.97. The lowest BCUT2D eigenvalue weighted by Crippen LogP contribution is -2.44. The van der Waals surface area contributed by atoms with Crippen molar-refractivity contribution in [3.63, 3.8) is 0 Å². The van der Waals surface area contributed by atoms with E-state index in [0.717, 1.165) is 16.7 Å². The summed E-state index contributed by atoms with van der Waals surface area (Å²) in [5.41, 5.74) is 4.08. The number of Topliss-reactive ketones (excluding diaryl/α,β-unsaturated/α-hetero) is 1. The van der Waals surface area contributed by atoms with Gasteiger partial charge in [0.15, 0.2) is 5.78 Å². The van der Waals surface area contributed by atoms with Crippen LogP contribution in [0.5, 0.6) is 0 Å². The van der Waals surface area contributed by atoms with E-state index in [1.54, 1.807) is 35.2 Å².